The molecular formula is C22H18FN5O3. The van der Waals surface area contributed by atoms with Crippen LogP contribution in [0, 0.1) is 12.7 Å². The molecule has 0 saturated carbocycles. The number of aryl methyl sites for hydroxylation is 1. The van der Waals surface area contributed by atoms with Crippen molar-refractivity contribution >= 4 is 11.6 Å². The van der Waals surface area contributed by atoms with Crippen LogP contribution in [0.2, 0.25) is 0 Å². The number of rotatable bonds is 7. The van der Waals surface area contributed by atoms with Crippen molar-refractivity contribution in [3.05, 3.63) is 84.7 Å². The van der Waals surface area contributed by atoms with Crippen molar-refractivity contribution in [3.63, 3.8) is 0 Å². The minimum absolute atomic E-state index is 0.0247. The second-order valence-corrected chi connectivity index (χ2v) is 6.47. The number of aromatic nitrogens is 4. The van der Waals surface area contributed by atoms with E-state index < -0.39 is 11.7 Å². The predicted octanol–water partition coefficient (Wildman–Crippen LogP) is 3.92. The normalized spacial score (nSPS) is 10.5. The molecule has 4 aromatic rings. The first-order chi connectivity index (χ1) is 15.1. The standard InChI is InChI=1S/C22H18FN5O3/c1-15-24-12-13-28(15)20-10-11-22(27-26-20)31-17-8-6-16(7-9-17)25-21(29)14-30-19-5-3-2-4-18(19)23/h2-13H,14H2,1H3,(H,25,29). The first-order valence-corrected chi connectivity index (χ1v) is 9.37. The van der Waals surface area contributed by atoms with E-state index in [1.807, 2.05) is 11.5 Å². The summed E-state index contributed by atoms with van der Waals surface area (Å²) in [5.41, 5.74) is 0.548. The molecule has 0 bridgehead atoms. The number of para-hydroxylation sites is 1. The lowest BCUT2D eigenvalue weighted by molar-refractivity contribution is -0.118. The van der Waals surface area contributed by atoms with E-state index >= 15 is 0 Å². The number of carbonyl (C=O) groups is 1. The van der Waals surface area contributed by atoms with Crippen molar-refractivity contribution in [2.75, 3.05) is 11.9 Å². The molecule has 0 spiro atoms. The summed E-state index contributed by atoms with van der Waals surface area (Å²) < 4.78 is 26.2. The third-order valence-electron chi connectivity index (χ3n) is 4.25. The van der Waals surface area contributed by atoms with Crippen molar-refractivity contribution < 1.29 is 18.7 Å². The summed E-state index contributed by atoms with van der Waals surface area (Å²) in [5, 5.41) is 10.9. The number of hydrogen-bond acceptors (Lipinski definition) is 6. The first kappa shape index (κ1) is 20.0. The van der Waals surface area contributed by atoms with Crippen LogP contribution in [0.4, 0.5) is 10.1 Å². The summed E-state index contributed by atoms with van der Waals surface area (Å²) in [6.07, 6.45) is 3.49. The number of anilines is 1. The van der Waals surface area contributed by atoms with E-state index in [0.717, 1.165) is 5.82 Å². The molecule has 156 valence electrons. The van der Waals surface area contributed by atoms with Gasteiger partial charge in [-0.2, -0.15) is 0 Å². The van der Waals surface area contributed by atoms with Crippen LogP contribution in [-0.4, -0.2) is 32.3 Å². The number of nitrogens with zero attached hydrogens (tertiary/aromatic N) is 4. The number of ether oxygens (including phenoxy) is 2. The molecule has 0 aliphatic heterocycles. The van der Waals surface area contributed by atoms with Gasteiger partial charge in [-0.15, -0.1) is 10.2 Å². The van der Waals surface area contributed by atoms with E-state index in [1.54, 1.807) is 60.9 Å². The summed E-state index contributed by atoms with van der Waals surface area (Å²) in [6, 6.07) is 16.1. The summed E-state index contributed by atoms with van der Waals surface area (Å²) in [5.74, 6) is 1.40. The zero-order valence-corrected chi connectivity index (χ0v) is 16.5. The molecule has 2 heterocycles. The molecule has 0 aliphatic rings. The lowest BCUT2D eigenvalue weighted by Crippen LogP contribution is -2.20. The highest BCUT2D eigenvalue weighted by molar-refractivity contribution is 5.91. The van der Waals surface area contributed by atoms with Gasteiger partial charge in [0.1, 0.15) is 11.6 Å². The molecule has 0 fully saturated rings. The highest BCUT2D eigenvalue weighted by Crippen LogP contribution is 2.22. The van der Waals surface area contributed by atoms with E-state index in [2.05, 4.69) is 20.5 Å². The molecular weight excluding hydrogens is 401 g/mol. The van der Waals surface area contributed by atoms with Crippen molar-refractivity contribution in [3.8, 4) is 23.2 Å². The Kier molecular flexibility index (Phi) is 5.84. The lowest BCUT2D eigenvalue weighted by atomic mass is 10.3. The molecule has 0 saturated heterocycles. The van der Waals surface area contributed by atoms with E-state index in [9.17, 15) is 9.18 Å². The Hall–Kier alpha value is -4.27. The van der Waals surface area contributed by atoms with Crippen molar-refractivity contribution in [2.45, 2.75) is 6.92 Å². The lowest BCUT2D eigenvalue weighted by Gasteiger charge is -2.09. The third kappa shape index (κ3) is 5.02. The topological polar surface area (TPSA) is 91.2 Å². The third-order valence-corrected chi connectivity index (χ3v) is 4.25. The Labute approximate surface area is 177 Å². The van der Waals surface area contributed by atoms with Crippen LogP contribution in [0.25, 0.3) is 5.82 Å². The number of amides is 1. The second kappa shape index (κ2) is 9.04. The molecule has 1 N–H and O–H groups in total. The number of imidazole rings is 1. The zero-order chi connectivity index (χ0) is 21.6. The molecule has 0 aliphatic carbocycles. The molecule has 0 atom stereocenters. The molecule has 0 radical (unpaired) electrons. The molecule has 2 aromatic heterocycles. The number of nitrogens with one attached hydrogen (secondary N) is 1. The van der Waals surface area contributed by atoms with Gasteiger partial charge in [0.25, 0.3) is 5.91 Å². The zero-order valence-electron chi connectivity index (χ0n) is 16.5. The van der Waals surface area contributed by atoms with Crippen molar-refractivity contribution in [1.29, 1.82) is 0 Å². The monoisotopic (exact) mass is 419 g/mol. The Morgan fingerprint density at radius 2 is 1.87 bits per heavy atom. The quantitative estimate of drug-likeness (QED) is 0.488. The van der Waals surface area contributed by atoms with E-state index in [4.69, 9.17) is 9.47 Å². The maximum absolute atomic E-state index is 13.5. The largest absolute Gasteiger partial charge is 0.481 e. The van der Waals surface area contributed by atoms with Gasteiger partial charge < -0.3 is 14.8 Å². The molecule has 31 heavy (non-hydrogen) atoms. The number of hydrogen-bond donors (Lipinski definition) is 1. The number of carbonyl (C=O) groups excluding carboxylic acids is 1. The summed E-state index contributed by atoms with van der Waals surface area (Å²) in [7, 11) is 0. The van der Waals surface area contributed by atoms with Crippen LogP contribution < -0.4 is 14.8 Å². The maximum Gasteiger partial charge on any atom is 0.262 e. The van der Waals surface area contributed by atoms with Crippen molar-refractivity contribution in [1.82, 2.24) is 19.7 Å². The summed E-state index contributed by atoms with van der Waals surface area (Å²) in [6.45, 7) is 1.57. The van der Waals surface area contributed by atoms with Gasteiger partial charge in [0.2, 0.25) is 5.88 Å². The fourth-order valence-electron chi connectivity index (χ4n) is 2.75. The smallest absolute Gasteiger partial charge is 0.262 e. The molecule has 2 aromatic carbocycles. The predicted molar refractivity (Wildman–Crippen MR) is 111 cm³/mol. The summed E-state index contributed by atoms with van der Waals surface area (Å²) in [4.78, 5) is 16.2. The van der Waals surface area contributed by atoms with Gasteiger partial charge in [-0.3, -0.25) is 9.36 Å². The Bertz CT molecular complexity index is 1180. The minimum atomic E-state index is -0.520. The Morgan fingerprint density at radius 1 is 1.06 bits per heavy atom. The Morgan fingerprint density at radius 3 is 2.55 bits per heavy atom. The van der Waals surface area contributed by atoms with Crippen LogP contribution in [0.5, 0.6) is 17.4 Å². The van der Waals surface area contributed by atoms with Gasteiger partial charge in [-0.1, -0.05) is 12.1 Å². The average Bonchev–Trinajstić information content (AvgIpc) is 3.21. The molecule has 0 unspecified atom stereocenters. The average molecular weight is 419 g/mol. The second-order valence-electron chi connectivity index (χ2n) is 6.47. The molecule has 1 amide bonds. The molecule has 8 nitrogen and oxygen atoms in total. The highest BCUT2D eigenvalue weighted by Gasteiger charge is 2.08. The fraction of sp³-hybridized carbons (Fsp3) is 0.0909. The number of benzene rings is 2. The van der Waals surface area contributed by atoms with Gasteiger partial charge in [-0.25, -0.2) is 9.37 Å². The van der Waals surface area contributed by atoms with Crippen LogP contribution in [0.1, 0.15) is 5.82 Å². The van der Waals surface area contributed by atoms with Crippen molar-refractivity contribution in [2.24, 2.45) is 0 Å². The summed E-state index contributed by atoms with van der Waals surface area (Å²) >= 11 is 0. The first-order valence-electron chi connectivity index (χ1n) is 9.37. The van der Waals surface area contributed by atoms with Gasteiger partial charge in [0, 0.05) is 24.1 Å². The van der Waals surface area contributed by atoms with E-state index in [1.165, 1.54) is 12.1 Å². The van der Waals surface area contributed by atoms with Crippen LogP contribution in [-0.2, 0) is 4.79 Å². The minimum Gasteiger partial charge on any atom is -0.481 e. The van der Waals surface area contributed by atoms with Crippen LogP contribution in [0.15, 0.2) is 73.1 Å². The van der Waals surface area contributed by atoms with Gasteiger partial charge in [-0.05, 0) is 49.4 Å². The maximum atomic E-state index is 13.5. The van der Waals surface area contributed by atoms with Gasteiger partial charge >= 0.3 is 0 Å². The fourth-order valence-corrected chi connectivity index (χ4v) is 2.75. The highest BCUT2D eigenvalue weighted by atomic mass is 19.1. The van der Waals surface area contributed by atoms with Crippen LogP contribution in [0.3, 0.4) is 0 Å². The molecule has 9 heteroatoms. The molecule has 4 rings (SSSR count). The van der Waals surface area contributed by atoms with E-state index in [0.29, 0.717) is 23.1 Å². The van der Waals surface area contributed by atoms with Gasteiger partial charge in [0.15, 0.2) is 24.0 Å². The van der Waals surface area contributed by atoms with E-state index in [-0.39, 0.29) is 12.4 Å². The number of halogens is 1. The van der Waals surface area contributed by atoms with Gasteiger partial charge in [0.05, 0.1) is 0 Å². The SMILES string of the molecule is Cc1nccn1-c1ccc(Oc2ccc(NC(=O)COc3ccccc3F)cc2)nn1. The van der Waals surface area contributed by atoms with Crippen LogP contribution >= 0.6 is 0 Å². The Balaban J connectivity index is 1.31.